The number of carbonyl (C=O) groups excluding carboxylic acids is 2. The highest BCUT2D eigenvalue weighted by Crippen LogP contribution is 2.31. The monoisotopic (exact) mass is 508 g/mol. The molecule has 0 aliphatic rings. The Balaban J connectivity index is 1.99. The molecule has 2 amide bonds. The highest BCUT2D eigenvalue weighted by atomic mass is 19.4. The van der Waals surface area contributed by atoms with E-state index in [1.54, 1.807) is 0 Å². The SMILES string of the molecule is Cc1ccc(CNC[C@H](NC(=O)CNC(=O)c2cc(C(F)(F)F)ccc2N)[C@@H](O)CC(C)C)c(C)c1. The van der Waals surface area contributed by atoms with Gasteiger partial charge in [-0.2, -0.15) is 13.2 Å². The minimum atomic E-state index is -4.63. The maximum atomic E-state index is 13.0. The third-order valence-electron chi connectivity index (χ3n) is 5.74. The van der Waals surface area contributed by atoms with Crippen LogP contribution in [-0.4, -0.2) is 42.2 Å². The van der Waals surface area contributed by atoms with E-state index in [4.69, 9.17) is 5.73 Å². The number of alkyl halides is 3. The van der Waals surface area contributed by atoms with E-state index in [2.05, 4.69) is 22.0 Å². The zero-order chi connectivity index (χ0) is 27.0. The summed E-state index contributed by atoms with van der Waals surface area (Å²) in [5.74, 6) is -1.31. The van der Waals surface area contributed by atoms with Crippen molar-refractivity contribution in [1.82, 2.24) is 16.0 Å². The first-order valence-electron chi connectivity index (χ1n) is 11.8. The number of hydrogen-bond donors (Lipinski definition) is 5. The molecule has 0 heterocycles. The second-order valence-corrected chi connectivity index (χ2v) is 9.41. The number of aliphatic hydroxyl groups excluding tert-OH is 1. The number of hydrogen-bond acceptors (Lipinski definition) is 5. The van der Waals surface area contributed by atoms with Crippen LogP contribution in [0.2, 0.25) is 0 Å². The number of rotatable bonds is 11. The van der Waals surface area contributed by atoms with Crippen molar-refractivity contribution in [2.24, 2.45) is 5.92 Å². The van der Waals surface area contributed by atoms with Gasteiger partial charge in [0.2, 0.25) is 5.91 Å². The number of aryl methyl sites for hydroxylation is 2. The van der Waals surface area contributed by atoms with Crippen molar-refractivity contribution >= 4 is 17.5 Å². The first kappa shape index (κ1) is 29.1. The molecule has 0 spiro atoms. The molecule has 0 saturated heterocycles. The molecular weight excluding hydrogens is 473 g/mol. The van der Waals surface area contributed by atoms with E-state index < -0.39 is 42.2 Å². The largest absolute Gasteiger partial charge is 0.416 e. The number of carbonyl (C=O) groups is 2. The molecule has 0 radical (unpaired) electrons. The molecule has 2 aromatic rings. The van der Waals surface area contributed by atoms with Crippen LogP contribution in [-0.2, 0) is 17.5 Å². The highest BCUT2D eigenvalue weighted by Gasteiger charge is 2.31. The van der Waals surface area contributed by atoms with Crippen molar-refractivity contribution in [1.29, 1.82) is 0 Å². The molecule has 2 rings (SSSR count). The summed E-state index contributed by atoms with van der Waals surface area (Å²) >= 11 is 0. The number of halogens is 3. The summed E-state index contributed by atoms with van der Waals surface area (Å²) in [6, 6.07) is 7.89. The first-order chi connectivity index (χ1) is 16.8. The number of nitrogens with two attached hydrogens (primary N) is 1. The van der Waals surface area contributed by atoms with Crippen LogP contribution in [0.5, 0.6) is 0 Å². The van der Waals surface area contributed by atoms with E-state index in [0.29, 0.717) is 19.0 Å². The normalized spacial score (nSPS) is 13.4. The third kappa shape index (κ3) is 8.83. The van der Waals surface area contributed by atoms with Crippen LogP contribution in [0.3, 0.4) is 0 Å². The predicted molar refractivity (Wildman–Crippen MR) is 133 cm³/mol. The Morgan fingerprint density at radius 3 is 2.39 bits per heavy atom. The molecular formula is C26H35F3N4O3. The van der Waals surface area contributed by atoms with Crippen LogP contribution in [0.4, 0.5) is 18.9 Å². The Bertz CT molecular complexity index is 1060. The Morgan fingerprint density at radius 1 is 1.08 bits per heavy atom. The van der Waals surface area contributed by atoms with Crippen LogP contribution in [0.25, 0.3) is 0 Å². The van der Waals surface area contributed by atoms with Gasteiger partial charge in [0.25, 0.3) is 5.91 Å². The summed E-state index contributed by atoms with van der Waals surface area (Å²) in [5, 5.41) is 18.9. The maximum Gasteiger partial charge on any atom is 0.416 e. The second kappa shape index (κ2) is 12.7. The number of nitrogen functional groups attached to an aromatic ring is 1. The number of amides is 2. The van der Waals surface area contributed by atoms with Gasteiger partial charge in [-0.05, 0) is 55.5 Å². The predicted octanol–water partition coefficient (Wildman–Crippen LogP) is 3.32. The zero-order valence-corrected chi connectivity index (χ0v) is 21.0. The van der Waals surface area contributed by atoms with Crippen molar-refractivity contribution in [3.8, 4) is 0 Å². The Kier molecular flexibility index (Phi) is 10.3. The van der Waals surface area contributed by atoms with Gasteiger partial charge in [-0.3, -0.25) is 9.59 Å². The molecule has 0 aromatic heterocycles. The van der Waals surface area contributed by atoms with Crippen molar-refractivity contribution < 1.29 is 27.9 Å². The Labute approximate surface area is 209 Å². The summed E-state index contributed by atoms with van der Waals surface area (Å²) < 4.78 is 38.9. The smallest absolute Gasteiger partial charge is 0.398 e. The average molecular weight is 509 g/mol. The van der Waals surface area contributed by atoms with Gasteiger partial charge in [0.1, 0.15) is 0 Å². The van der Waals surface area contributed by atoms with Gasteiger partial charge in [0, 0.05) is 18.8 Å². The number of aliphatic hydroxyl groups is 1. The van der Waals surface area contributed by atoms with E-state index >= 15 is 0 Å². The summed E-state index contributed by atoms with van der Waals surface area (Å²) in [6.07, 6.45) is -5.02. The van der Waals surface area contributed by atoms with Gasteiger partial charge < -0.3 is 26.8 Å². The molecule has 2 aromatic carbocycles. The molecule has 0 unspecified atom stereocenters. The standard InChI is InChI=1S/C26H35F3N4O3/c1-15(2)9-23(34)22(13-31-12-18-6-5-16(3)10-17(18)4)33-24(35)14-32-25(36)20-11-19(26(27,28)29)7-8-21(20)30/h5-8,10-11,15,22-23,31,34H,9,12-14,30H2,1-4H3,(H,32,36)(H,33,35)/t22-,23-/m0/s1. The van der Waals surface area contributed by atoms with Crippen LogP contribution in [0.1, 0.15) is 52.9 Å². The van der Waals surface area contributed by atoms with Crippen molar-refractivity contribution in [3.63, 3.8) is 0 Å². The minimum Gasteiger partial charge on any atom is -0.398 e. The van der Waals surface area contributed by atoms with E-state index in [1.165, 1.54) is 0 Å². The lowest BCUT2D eigenvalue weighted by molar-refractivity contribution is -0.137. The van der Waals surface area contributed by atoms with Crippen LogP contribution < -0.4 is 21.7 Å². The van der Waals surface area contributed by atoms with Gasteiger partial charge in [-0.1, -0.05) is 37.6 Å². The molecule has 36 heavy (non-hydrogen) atoms. The third-order valence-corrected chi connectivity index (χ3v) is 5.74. The van der Waals surface area contributed by atoms with Crippen LogP contribution in [0, 0.1) is 19.8 Å². The Hall–Kier alpha value is -3.11. The molecule has 2 atom stereocenters. The van der Waals surface area contributed by atoms with E-state index in [0.717, 1.165) is 28.8 Å². The van der Waals surface area contributed by atoms with E-state index in [9.17, 15) is 27.9 Å². The van der Waals surface area contributed by atoms with E-state index in [-0.39, 0.29) is 23.7 Å². The molecule has 0 saturated carbocycles. The summed E-state index contributed by atoms with van der Waals surface area (Å²) in [6.45, 7) is 8.25. The van der Waals surface area contributed by atoms with Gasteiger partial charge in [-0.15, -0.1) is 0 Å². The average Bonchev–Trinajstić information content (AvgIpc) is 2.77. The van der Waals surface area contributed by atoms with Gasteiger partial charge in [0.05, 0.1) is 29.8 Å². The fourth-order valence-corrected chi connectivity index (χ4v) is 3.78. The second-order valence-electron chi connectivity index (χ2n) is 9.41. The van der Waals surface area contributed by atoms with E-state index in [1.807, 2.05) is 39.8 Å². The van der Waals surface area contributed by atoms with Crippen molar-refractivity contribution in [3.05, 3.63) is 64.2 Å². The molecule has 6 N–H and O–H groups in total. The molecule has 10 heteroatoms. The molecule has 0 aliphatic carbocycles. The maximum absolute atomic E-state index is 13.0. The lowest BCUT2D eigenvalue weighted by atomic mass is 9.99. The minimum absolute atomic E-state index is 0.137. The Morgan fingerprint density at radius 2 is 1.78 bits per heavy atom. The molecule has 0 fully saturated rings. The van der Waals surface area contributed by atoms with Crippen molar-refractivity contribution in [2.75, 3.05) is 18.8 Å². The molecule has 0 bridgehead atoms. The molecule has 198 valence electrons. The molecule has 7 nitrogen and oxygen atoms in total. The number of nitrogens with one attached hydrogen (secondary N) is 3. The quantitative estimate of drug-likeness (QED) is 0.299. The lowest BCUT2D eigenvalue weighted by Crippen LogP contribution is -2.52. The summed E-state index contributed by atoms with van der Waals surface area (Å²) in [5.41, 5.74) is 7.51. The summed E-state index contributed by atoms with van der Waals surface area (Å²) in [4.78, 5) is 24.9. The van der Waals surface area contributed by atoms with Crippen LogP contribution >= 0.6 is 0 Å². The fraction of sp³-hybridized carbons (Fsp3) is 0.462. The van der Waals surface area contributed by atoms with Gasteiger partial charge >= 0.3 is 6.18 Å². The first-order valence-corrected chi connectivity index (χ1v) is 11.8. The van der Waals surface area contributed by atoms with Gasteiger partial charge in [0.15, 0.2) is 0 Å². The topological polar surface area (TPSA) is 116 Å². The fourth-order valence-electron chi connectivity index (χ4n) is 3.78. The highest BCUT2D eigenvalue weighted by molar-refractivity contribution is 6.00. The molecule has 0 aliphatic heterocycles. The number of anilines is 1. The van der Waals surface area contributed by atoms with Crippen molar-refractivity contribution in [2.45, 2.75) is 59.0 Å². The van der Waals surface area contributed by atoms with Gasteiger partial charge in [-0.25, -0.2) is 0 Å². The summed E-state index contributed by atoms with van der Waals surface area (Å²) in [7, 11) is 0. The lowest BCUT2D eigenvalue weighted by Gasteiger charge is -2.26. The number of benzene rings is 2. The van der Waals surface area contributed by atoms with Crippen LogP contribution in [0.15, 0.2) is 36.4 Å². The zero-order valence-electron chi connectivity index (χ0n) is 21.0.